The molecule has 0 saturated carbocycles. The summed E-state index contributed by atoms with van der Waals surface area (Å²) in [5.74, 6) is -0.00560. The van der Waals surface area contributed by atoms with E-state index in [2.05, 4.69) is 5.32 Å². The van der Waals surface area contributed by atoms with Crippen LogP contribution in [0.4, 0.5) is 0 Å². The maximum atomic E-state index is 12.0. The molecule has 2 rings (SSSR count). The Morgan fingerprint density at radius 2 is 2.31 bits per heavy atom. The first kappa shape index (κ1) is 11.8. The Morgan fingerprint density at radius 1 is 1.44 bits per heavy atom. The Labute approximate surface area is 94.5 Å². The van der Waals surface area contributed by atoms with Crippen LogP contribution in [0, 0.1) is 0 Å². The molecule has 6 heteroatoms. The van der Waals surface area contributed by atoms with E-state index in [9.17, 15) is 4.79 Å². The number of hydrogen-bond donors (Lipinski definition) is 2. The molecule has 2 aliphatic rings. The third-order valence-corrected chi connectivity index (χ3v) is 2.86. The summed E-state index contributed by atoms with van der Waals surface area (Å²) in [6, 6.07) is 0. The number of aliphatic hydroxyl groups excluding tert-OH is 1. The highest BCUT2D eigenvalue weighted by Crippen LogP contribution is 2.09. The highest BCUT2D eigenvalue weighted by Gasteiger charge is 2.30. The summed E-state index contributed by atoms with van der Waals surface area (Å²) < 4.78 is 10.7. The molecule has 2 atom stereocenters. The average molecular weight is 230 g/mol. The lowest BCUT2D eigenvalue weighted by molar-refractivity contribution is -0.153. The maximum absolute atomic E-state index is 12.0. The van der Waals surface area contributed by atoms with Crippen molar-refractivity contribution in [1.29, 1.82) is 0 Å². The number of carbonyl (C=O) groups is 1. The van der Waals surface area contributed by atoms with Gasteiger partial charge in [0.1, 0.15) is 6.10 Å². The lowest BCUT2D eigenvalue weighted by atomic mass is 10.2. The van der Waals surface area contributed by atoms with E-state index >= 15 is 0 Å². The fourth-order valence-electron chi connectivity index (χ4n) is 1.96. The lowest BCUT2D eigenvalue weighted by Crippen LogP contribution is -2.54. The molecule has 92 valence electrons. The van der Waals surface area contributed by atoms with Gasteiger partial charge in [-0.3, -0.25) is 4.79 Å². The van der Waals surface area contributed by atoms with E-state index in [0.29, 0.717) is 32.8 Å². The number of aliphatic hydroxyl groups is 1. The third kappa shape index (κ3) is 2.70. The van der Waals surface area contributed by atoms with Crippen LogP contribution in [0.3, 0.4) is 0 Å². The van der Waals surface area contributed by atoms with Crippen LogP contribution < -0.4 is 5.32 Å². The standard InChI is InChI=1S/C10H18N2O4/c13-7-8-6-12(2-4-15-8)10(14)9-5-11-1-3-16-9/h8-9,11,13H,1-7H2. The number of nitrogens with one attached hydrogen (secondary N) is 1. The van der Waals surface area contributed by atoms with E-state index in [-0.39, 0.29) is 24.7 Å². The van der Waals surface area contributed by atoms with Gasteiger partial charge in [0.25, 0.3) is 5.91 Å². The summed E-state index contributed by atoms with van der Waals surface area (Å²) in [7, 11) is 0. The molecule has 16 heavy (non-hydrogen) atoms. The minimum Gasteiger partial charge on any atom is -0.394 e. The van der Waals surface area contributed by atoms with Crippen molar-refractivity contribution in [3.63, 3.8) is 0 Å². The second-order valence-electron chi connectivity index (χ2n) is 4.02. The molecule has 2 N–H and O–H groups in total. The highest BCUT2D eigenvalue weighted by atomic mass is 16.5. The number of amides is 1. The van der Waals surface area contributed by atoms with Crippen molar-refractivity contribution in [2.75, 3.05) is 46.0 Å². The van der Waals surface area contributed by atoms with Gasteiger partial charge in [-0.25, -0.2) is 0 Å². The van der Waals surface area contributed by atoms with Crippen LogP contribution in [0.25, 0.3) is 0 Å². The fourth-order valence-corrected chi connectivity index (χ4v) is 1.96. The number of carbonyl (C=O) groups excluding carboxylic acids is 1. The molecule has 2 saturated heterocycles. The molecule has 2 unspecified atom stereocenters. The van der Waals surface area contributed by atoms with Crippen LogP contribution in [0.5, 0.6) is 0 Å². The van der Waals surface area contributed by atoms with Crippen molar-refractivity contribution in [2.24, 2.45) is 0 Å². The molecule has 0 spiro atoms. The van der Waals surface area contributed by atoms with Crippen LogP contribution in [-0.2, 0) is 14.3 Å². The summed E-state index contributed by atoms with van der Waals surface area (Å²) in [4.78, 5) is 13.7. The topological polar surface area (TPSA) is 71.0 Å². The van der Waals surface area contributed by atoms with Gasteiger partial charge in [0.05, 0.1) is 25.9 Å². The minimum absolute atomic E-state index is 0.00560. The van der Waals surface area contributed by atoms with Crippen LogP contribution in [-0.4, -0.2) is 74.1 Å². The number of rotatable bonds is 2. The average Bonchev–Trinajstić information content (AvgIpc) is 2.39. The number of hydrogen-bond acceptors (Lipinski definition) is 5. The highest BCUT2D eigenvalue weighted by molar-refractivity contribution is 5.81. The zero-order valence-corrected chi connectivity index (χ0v) is 9.22. The number of nitrogens with zero attached hydrogens (tertiary/aromatic N) is 1. The summed E-state index contributed by atoms with van der Waals surface area (Å²) in [6.45, 7) is 3.41. The Bertz CT molecular complexity index is 243. The SMILES string of the molecule is O=C(C1CNCCO1)N1CCOC(CO)C1. The minimum atomic E-state index is -0.383. The second-order valence-corrected chi connectivity index (χ2v) is 4.02. The summed E-state index contributed by atoms with van der Waals surface area (Å²) in [6.07, 6.45) is -0.638. The van der Waals surface area contributed by atoms with Gasteiger partial charge in [0.15, 0.2) is 0 Å². The molecule has 1 amide bonds. The van der Waals surface area contributed by atoms with E-state index in [1.54, 1.807) is 4.90 Å². The van der Waals surface area contributed by atoms with Crippen molar-refractivity contribution in [3.8, 4) is 0 Å². The summed E-state index contributed by atoms with van der Waals surface area (Å²) in [5, 5.41) is 12.1. The van der Waals surface area contributed by atoms with E-state index in [1.165, 1.54) is 0 Å². The van der Waals surface area contributed by atoms with Gasteiger partial charge in [-0.15, -0.1) is 0 Å². The van der Waals surface area contributed by atoms with Gasteiger partial charge in [0, 0.05) is 26.2 Å². The monoisotopic (exact) mass is 230 g/mol. The molecule has 0 aliphatic carbocycles. The van der Waals surface area contributed by atoms with Gasteiger partial charge in [0.2, 0.25) is 0 Å². The maximum Gasteiger partial charge on any atom is 0.253 e. The van der Waals surface area contributed by atoms with Gasteiger partial charge >= 0.3 is 0 Å². The number of ether oxygens (including phenoxy) is 2. The fraction of sp³-hybridized carbons (Fsp3) is 0.900. The van der Waals surface area contributed by atoms with Crippen molar-refractivity contribution in [2.45, 2.75) is 12.2 Å². The van der Waals surface area contributed by atoms with Gasteiger partial charge in [-0.2, -0.15) is 0 Å². The lowest BCUT2D eigenvalue weighted by Gasteiger charge is -2.35. The predicted molar refractivity (Wildman–Crippen MR) is 56.0 cm³/mol. The molecule has 0 bridgehead atoms. The Morgan fingerprint density at radius 3 is 3.00 bits per heavy atom. The zero-order valence-electron chi connectivity index (χ0n) is 9.22. The van der Waals surface area contributed by atoms with Crippen molar-refractivity contribution in [1.82, 2.24) is 10.2 Å². The van der Waals surface area contributed by atoms with E-state index in [1.807, 2.05) is 0 Å². The zero-order chi connectivity index (χ0) is 11.4. The molecule has 2 heterocycles. The summed E-state index contributed by atoms with van der Waals surface area (Å²) >= 11 is 0. The first-order chi connectivity index (χ1) is 7.81. The normalized spacial score (nSPS) is 31.4. The molecule has 0 aromatic rings. The van der Waals surface area contributed by atoms with E-state index in [0.717, 1.165) is 6.54 Å². The van der Waals surface area contributed by atoms with Crippen molar-refractivity contribution < 1.29 is 19.4 Å². The molecule has 0 radical (unpaired) electrons. The molecule has 6 nitrogen and oxygen atoms in total. The summed E-state index contributed by atoms with van der Waals surface area (Å²) in [5.41, 5.74) is 0. The molecule has 2 fully saturated rings. The third-order valence-electron chi connectivity index (χ3n) is 2.86. The Balaban J connectivity index is 1.87. The van der Waals surface area contributed by atoms with E-state index < -0.39 is 0 Å². The number of morpholine rings is 2. The van der Waals surface area contributed by atoms with Crippen LogP contribution >= 0.6 is 0 Å². The first-order valence-corrected chi connectivity index (χ1v) is 5.65. The van der Waals surface area contributed by atoms with Gasteiger partial charge in [-0.05, 0) is 0 Å². The van der Waals surface area contributed by atoms with Gasteiger partial charge in [-0.1, -0.05) is 0 Å². The van der Waals surface area contributed by atoms with Crippen LogP contribution in [0.15, 0.2) is 0 Å². The van der Waals surface area contributed by atoms with Gasteiger partial charge < -0.3 is 24.8 Å². The van der Waals surface area contributed by atoms with Crippen LogP contribution in [0.2, 0.25) is 0 Å². The molecular weight excluding hydrogens is 212 g/mol. The van der Waals surface area contributed by atoms with Crippen LogP contribution in [0.1, 0.15) is 0 Å². The Hall–Kier alpha value is -0.690. The van der Waals surface area contributed by atoms with Crippen molar-refractivity contribution >= 4 is 5.91 Å². The largest absolute Gasteiger partial charge is 0.394 e. The smallest absolute Gasteiger partial charge is 0.253 e. The molecule has 0 aromatic carbocycles. The van der Waals surface area contributed by atoms with E-state index in [4.69, 9.17) is 14.6 Å². The molecule has 0 aromatic heterocycles. The quantitative estimate of drug-likeness (QED) is 0.585. The van der Waals surface area contributed by atoms with Crippen molar-refractivity contribution in [3.05, 3.63) is 0 Å². The first-order valence-electron chi connectivity index (χ1n) is 5.65. The predicted octanol–water partition coefficient (Wildman–Crippen LogP) is -1.81. The Kier molecular flexibility index (Phi) is 4.11. The molecular formula is C10H18N2O4. The molecule has 2 aliphatic heterocycles. The second kappa shape index (κ2) is 5.58.